The van der Waals surface area contributed by atoms with Gasteiger partial charge in [0, 0.05) is 17.5 Å². The predicted octanol–water partition coefficient (Wildman–Crippen LogP) is 0.959. The number of rotatable bonds is 8. The Hall–Kier alpha value is -2.16. The lowest BCUT2D eigenvalue weighted by atomic mass is 10.1. The largest absolute Gasteiger partial charge is 0.481 e. The Morgan fingerprint density at radius 3 is 2.62 bits per heavy atom. The molecule has 0 aliphatic rings. The number of nitrogens with zero attached hydrogens (tertiary/aromatic N) is 1. The summed E-state index contributed by atoms with van der Waals surface area (Å²) in [5.41, 5.74) is 0. The van der Waals surface area contributed by atoms with Crippen LogP contribution in [0.1, 0.15) is 29.1 Å². The Kier molecular flexibility index (Phi) is 6.60. The lowest BCUT2D eigenvalue weighted by molar-refractivity contribution is -0.140. The Morgan fingerprint density at radius 1 is 1.38 bits per heavy atom. The molecule has 1 aromatic rings. The van der Waals surface area contributed by atoms with Crippen LogP contribution in [0.25, 0.3) is 0 Å². The molecule has 0 aliphatic heterocycles. The first-order valence-corrected chi connectivity index (χ1v) is 7.10. The summed E-state index contributed by atoms with van der Waals surface area (Å²) in [7, 11) is 0. The highest BCUT2D eigenvalue weighted by Crippen LogP contribution is 2.10. The summed E-state index contributed by atoms with van der Waals surface area (Å²) in [6, 6.07) is -1.73. The van der Waals surface area contributed by atoms with Crippen LogP contribution >= 0.6 is 11.3 Å². The second-order valence-electron chi connectivity index (χ2n) is 4.37. The van der Waals surface area contributed by atoms with Crippen LogP contribution in [-0.2, 0) is 16.1 Å². The van der Waals surface area contributed by atoms with Crippen molar-refractivity contribution in [2.45, 2.75) is 38.8 Å². The molecule has 0 fully saturated rings. The molecule has 2 amide bonds. The van der Waals surface area contributed by atoms with E-state index in [1.807, 2.05) is 6.92 Å². The molecule has 0 aliphatic carbocycles. The summed E-state index contributed by atoms with van der Waals surface area (Å²) in [5, 5.41) is 23.0. The number of urea groups is 1. The molecule has 8 nitrogen and oxygen atoms in total. The van der Waals surface area contributed by atoms with Gasteiger partial charge in [-0.05, 0) is 19.8 Å². The maximum absolute atomic E-state index is 11.6. The summed E-state index contributed by atoms with van der Waals surface area (Å²) < 4.78 is 0. The number of aromatic nitrogens is 1. The Morgan fingerprint density at radius 2 is 2.10 bits per heavy atom. The maximum atomic E-state index is 11.6. The molecule has 0 unspecified atom stereocenters. The lowest BCUT2D eigenvalue weighted by Crippen LogP contribution is -2.45. The summed E-state index contributed by atoms with van der Waals surface area (Å²) in [4.78, 5) is 38.1. The average Bonchev–Trinajstić information content (AvgIpc) is 2.80. The van der Waals surface area contributed by atoms with E-state index < -0.39 is 24.0 Å². The zero-order valence-corrected chi connectivity index (χ0v) is 12.3. The van der Waals surface area contributed by atoms with Crippen LogP contribution in [0.4, 0.5) is 4.79 Å². The zero-order valence-electron chi connectivity index (χ0n) is 11.5. The number of carbonyl (C=O) groups excluding carboxylic acids is 1. The number of carbonyl (C=O) groups is 3. The van der Waals surface area contributed by atoms with Crippen molar-refractivity contribution in [3.05, 3.63) is 16.1 Å². The molecule has 1 aromatic heterocycles. The standard InChI is InChI=1S/C12H17N3O5S/c1-7-5-13-9(21-7)6-14-12(20)15-8(11(18)19)3-2-4-10(16)17/h5,8H,2-4,6H2,1H3,(H,16,17)(H,18,19)(H2,14,15,20)/t8-/m1/s1. The summed E-state index contributed by atoms with van der Waals surface area (Å²) in [6.45, 7) is 2.11. The van der Waals surface area contributed by atoms with Crippen LogP contribution in [0.5, 0.6) is 0 Å². The van der Waals surface area contributed by atoms with Gasteiger partial charge < -0.3 is 20.8 Å². The summed E-state index contributed by atoms with van der Waals surface area (Å²) in [5.74, 6) is -2.19. The van der Waals surface area contributed by atoms with Gasteiger partial charge in [-0.25, -0.2) is 14.6 Å². The third-order valence-corrected chi connectivity index (χ3v) is 3.47. The molecule has 0 saturated carbocycles. The van der Waals surface area contributed by atoms with E-state index in [1.54, 1.807) is 6.20 Å². The van der Waals surface area contributed by atoms with Gasteiger partial charge >= 0.3 is 18.0 Å². The number of carboxylic acid groups (broad SMARTS) is 2. The van der Waals surface area contributed by atoms with E-state index in [1.165, 1.54) is 11.3 Å². The number of hydrogen-bond donors (Lipinski definition) is 4. The fourth-order valence-corrected chi connectivity index (χ4v) is 2.29. The fourth-order valence-electron chi connectivity index (χ4n) is 1.56. The second kappa shape index (κ2) is 8.20. The summed E-state index contributed by atoms with van der Waals surface area (Å²) >= 11 is 1.44. The lowest BCUT2D eigenvalue weighted by Gasteiger charge is -2.14. The van der Waals surface area contributed by atoms with E-state index in [9.17, 15) is 14.4 Å². The van der Waals surface area contributed by atoms with Gasteiger partial charge in [0.25, 0.3) is 0 Å². The van der Waals surface area contributed by atoms with Crippen molar-refractivity contribution in [3.63, 3.8) is 0 Å². The van der Waals surface area contributed by atoms with Gasteiger partial charge in [0.15, 0.2) is 0 Å². The van der Waals surface area contributed by atoms with Crippen LogP contribution in [0.15, 0.2) is 6.20 Å². The first kappa shape index (κ1) is 16.9. The van der Waals surface area contributed by atoms with Gasteiger partial charge in [-0.15, -0.1) is 11.3 Å². The highest BCUT2D eigenvalue weighted by Gasteiger charge is 2.19. The second-order valence-corrected chi connectivity index (χ2v) is 5.69. The van der Waals surface area contributed by atoms with E-state index >= 15 is 0 Å². The molecule has 0 spiro atoms. The number of amides is 2. The molecule has 1 heterocycles. The Labute approximate surface area is 125 Å². The molecule has 0 saturated heterocycles. The van der Waals surface area contributed by atoms with Gasteiger partial charge in [0.2, 0.25) is 0 Å². The number of aliphatic carboxylic acids is 2. The van der Waals surface area contributed by atoms with E-state index in [2.05, 4.69) is 15.6 Å². The Bertz CT molecular complexity index is 517. The van der Waals surface area contributed by atoms with Gasteiger partial charge in [0.05, 0.1) is 6.54 Å². The van der Waals surface area contributed by atoms with E-state index in [4.69, 9.17) is 10.2 Å². The van der Waals surface area contributed by atoms with Gasteiger partial charge in [0.1, 0.15) is 11.0 Å². The Balaban J connectivity index is 2.37. The molecule has 0 radical (unpaired) electrons. The molecule has 1 rings (SSSR count). The molecule has 9 heteroatoms. The number of nitrogens with one attached hydrogen (secondary N) is 2. The third-order valence-electron chi connectivity index (χ3n) is 2.56. The number of hydrogen-bond acceptors (Lipinski definition) is 5. The van der Waals surface area contributed by atoms with Crippen LogP contribution in [0.3, 0.4) is 0 Å². The molecule has 0 aromatic carbocycles. The first-order valence-electron chi connectivity index (χ1n) is 6.28. The minimum atomic E-state index is -1.19. The minimum absolute atomic E-state index is 0.0609. The fraction of sp³-hybridized carbons (Fsp3) is 0.500. The third kappa shape index (κ3) is 6.70. The maximum Gasteiger partial charge on any atom is 0.326 e. The van der Waals surface area contributed by atoms with Gasteiger partial charge in [-0.1, -0.05) is 0 Å². The SMILES string of the molecule is Cc1cnc(CNC(=O)N[C@H](CCCC(=O)O)C(=O)O)s1. The van der Waals surface area contributed by atoms with Crippen LogP contribution in [0.2, 0.25) is 0 Å². The van der Waals surface area contributed by atoms with Crippen molar-refractivity contribution in [2.24, 2.45) is 0 Å². The number of aryl methyl sites for hydroxylation is 1. The molecule has 21 heavy (non-hydrogen) atoms. The number of thiazole rings is 1. The highest BCUT2D eigenvalue weighted by molar-refractivity contribution is 7.11. The van der Waals surface area contributed by atoms with E-state index in [-0.39, 0.29) is 25.8 Å². The van der Waals surface area contributed by atoms with Crippen molar-refractivity contribution in [1.82, 2.24) is 15.6 Å². The first-order chi connectivity index (χ1) is 9.88. The molecular weight excluding hydrogens is 298 g/mol. The van der Waals surface area contributed by atoms with Crippen molar-refractivity contribution in [1.29, 1.82) is 0 Å². The van der Waals surface area contributed by atoms with Crippen molar-refractivity contribution >= 4 is 29.3 Å². The molecule has 1 atom stereocenters. The van der Waals surface area contributed by atoms with Gasteiger partial charge in [-0.2, -0.15) is 0 Å². The van der Waals surface area contributed by atoms with Crippen molar-refractivity contribution in [3.8, 4) is 0 Å². The molecular formula is C12H17N3O5S. The zero-order chi connectivity index (χ0) is 15.8. The number of carboxylic acids is 2. The molecule has 4 N–H and O–H groups in total. The normalized spacial score (nSPS) is 11.7. The van der Waals surface area contributed by atoms with E-state index in [0.717, 1.165) is 9.88 Å². The monoisotopic (exact) mass is 315 g/mol. The molecule has 0 bridgehead atoms. The van der Waals surface area contributed by atoms with Crippen LogP contribution in [-0.4, -0.2) is 39.2 Å². The van der Waals surface area contributed by atoms with Gasteiger partial charge in [-0.3, -0.25) is 4.79 Å². The predicted molar refractivity (Wildman–Crippen MR) is 75.1 cm³/mol. The van der Waals surface area contributed by atoms with Crippen LogP contribution in [0, 0.1) is 6.92 Å². The van der Waals surface area contributed by atoms with Crippen LogP contribution < -0.4 is 10.6 Å². The topological polar surface area (TPSA) is 129 Å². The van der Waals surface area contributed by atoms with Crippen molar-refractivity contribution < 1.29 is 24.6 Å². The van der Waals surface area contributed by atoms with E-state index in [0.29, 0.717) is 0 Å². The average molecular weight is 315 g/mol. The summed E-state index contributed by atoms with van der Waals surface area (Å²) in [6.07, 6.45) is 1.79. The quantitative estimate of drug-likeness (QED) is 0.565. The molecule has 116 valence electrons. The highest BCUT2D eigenvalue weighted by atomic mass is 32.1. The smallest absolute Gasteiger partial charge is 0.326 e. The minimum Gasteiger partial charge on any atom is -0.481 e. The van der Waals surface area contributed by atoms with Crippen molar-refractivity contribution in [2.75, 3.05) is 0 Å².